The molecule has 0 saturated carbocycles. The molecule has 3 rings (SSSR count). The number of hydrogen-bond donors (Lipinski definition) is 1. The molecule has 6 heteroatoms. The van der Waals surface area contributed by atoms with Gasteiger partial charge in [-0.2, -0.15) is 0 Å². The summed E-state index contributed by atoms with van der Waals surface area (Å²) in [5.74, 6) is 0.723. The van der Waals surface area contributed by atoms with E-state index in [9.17, 15) is 9.59 Å². The molecule has 114 valence electrons. The van der Waals surface area contributed by atoms with Gasteiger partial charge < -0.3 is 18.7 Å². The third kappa shape index (κ3) is 2.32. The molecule has 22 heavy (non-hydrogen) atoms. The van der Waals surface area contributed by atoms with Gasteiger partial charge >= 0.3 is 0 Å². The van der Waals surface area contributed by atoms with Gasteiger partial charge in [0.05, 0.1) is 23.8 Å². The minimum Gasteiger partial charge on any atom is -0.467 e. The maximum Gasteiger partial charge on any atom is 0.262 e. The molecule has 0 radical (unpaired) electrons. The van der Waals surface area contributed by atoms with Crippen LogP contribution in [0.3, 0.4) is 0 Å². The molecule has 0 aromatic carbocycles. The molecular formula is C16H16N2O4. The number of amides is 1. The van der Waals surface area contributed by atoms with E-state index in [1.54, 1.807) is 42.1 Å². The molecule has 0 spiro atoms. The lowest BCUT2D eigenvalue weighted by Crippen LogP contribution is -2.26. The van der Waals surface area contributed by atoms with Crippen molar-refractivity contribution in [2.24, 2.45) is 0 Å². The lowest BCUT2D eigenvalue weighted by molar-refractivity contribution is 0.0948. The Hall–Kier alpha value is -2.76. The molecule has 3 heterocycles. The molecule has 3 aromatic rings. The summed E-state index contributed by atoms with van der Waals surface area (Å²) in [5.41, 5.74) is 0.490. The molecule has 3 aromatic heterocycles. The molecule has 0 fully saturated rings. The van der Waals surface area contributed by atoms with Gasteiger partial charge in [-0.25, -0.2) is 0 Å². The Morgan fingerprint density at radius 2 is 2.18 bits per heavy atom. The molecule has 1 N–H and O–H groups in total. The van der Waals surface area contributed by atoms with Crippen molar-refractivity contribution in [2.45, 2.75) is 26.9 Å². The topological polar surface area (TPSA) is 77.4 Å². The summed E-state index contributed by atoms with van der Waals surface area (Å²) in [6.45, 7) is 4.34. The number of rotatable bonds is 4. The van der Waals surface area contributed by atoms with Crippen LogP contribution in [0.25, 0.3) is 11.0 Å². The number of aryl methyl sites for hydroxylation is 2. The Kier molecular flexibility index (Phi) is 3.58. The number of fused-ring (bicyclic) bond motifs is 1. The second-order valence-corrected chi connectivity index (χ2v) is 4.94. The quantitative estimate of drug-likeness (QED) is 0.803. The predicted molar refractivity (Wildman–Crippen MR) is 80.8 cm³/mol. The van der Waals surface area contributed by atoms with Gasteiger partial charge in [0.25, 0.3) is 11.5 Å². The smallest absolute Gasteiger partial charge is 0.262 e. The average molecular weight is 300 g/mol. The van der Waals surface area contributed by atoms with Crippen LogP contribution >= 0.6 is 0 Å². The van der Waals surface area contributed by atoms with E-state index < -0.39 is 0 Å². The highest BCUT2D eigenvalue weighted by molar-refractivity contribution is 6.06. The lowest BCUT2D eigenvalue weighted by atomic mass is 10.1. The second kappa shape index (κ2) is 5.55. The monoisotopic (exact) mass is 300 g/mol. The van der Waals surface area contributed by atoms with Crippen molar-refractivity contribution in [3.63, 3.8) is 0 Å². The number of pyridine rings is 1. The van der Waals surface area contributed by atoms with Crippen molar-refractivity contribution in [1.82, 2.24) is 9.88 Å². The standard InChI is InChI=1S/C16H16N2O4/c1-3-18-7-6-12-14(16(18)20)13(10(2)22-12)15(19)17-9-11-5-4-8-21-11/h4-8H,3,9H2,1-2H3,(H,17,19). The highest BCUT2D eigenvalue weighted by Gasteiger charge is 2.21. The first-order valence-electron chi connectivity index (χ1n) is 7.05. The van der Waals surface area contributed by atoms with E-state index in [0.29, 0.717) is 29.0 Å². The average Bonchev–Trinajstić information content (AvgIpc) is 3.12. The number of nitrogens with zero attached hydrogens (tertiary/aromatic N) is 1. The summed E-state index contributed by atoms with van der Waals surface area (Å²) < 4.78 is 12.3. The highest BCUT2D eigenvalue weighted by atomic mass is 16.3. The molecule has 0 aliphatic rings. The third-order valence-corrected chi connectivity index (χ3v) is 3.56. The summed E-state index contributed by atoms with van der Waals surface area (Å²) in [6.07, 6.45) is 3.21. The largest absolute Gasteiger partial charge is 0.467 e. The highest BCUT2D eigenvalue weighted by Crippen LogP contribution is 2.22. The molecule has 0 unspecified atom stereocenters. The number of carbonyl (C=O) groups is 1. The van der Waals surface area contributed by atoms with Crippen LogP contribution in [0.4, 0.5) is 0 Å². The summed E-state index contributed by atoms with van der Waals surface area (Å²) in [4.78, 5) is 24.9. The Morgan fingerprint density at radius 1 is 1.36 bits per heavy atom. The molecule has 0 bridgehead atoms. The van der Waals surface area contributed by atoms with E-state index in [1.807, 2.05) is 6.92 Å². The maximum absolute atomic E-state index is 12.4. The maximum atomic E-state index is 12.4. The van der Waals surface area contributed by atoms with Crippen LogP contribution in [0.1, 0.15) is 28.8 Å². The number of carbonyl (C=O) groups excluding carboxylic acids is 1. The number of furan rings is 2. The van der Waals surface area contributed by atoms with Crippen molar-refractivity contribution in [3.05, 3.63) is 58.1 Å². The van der Waals surface area contributed by atoms with Crippen LogP contribution in [0.5, 0.6) is 0 Å². The Balaban J connectivity index is 2.00. The molecule has 0 saturated heterocycles. The number of aromatic nitrogens is 1. The normalized spacial score (nSPS) is 11.0. The summed E-state index contributed by atoms with van der Waals surface area (Å²) in [5, 5.41) is 3.06. The summed E-state index contributed by atoms with van der Waals surface area (Å²) in [6, 6.07) is 5.22. The fourth-order valence-corrected chi connectivity index (χ4v) is 2.46. The summed E-state index contributed by atoms with van der Waals surface area (Å²) >= 11 is 0. The van der Waals surface area contributed by atoms with E-state index in [0.717, 1.165) is 0 Å². The molecule has 0 aliphatic carbocycles. The molecular weight excluding hydrogens is 284 g/mol. The van der Waals surface area contributed by atoms with Gasteiger partial charge in [-0.05, 0) is 32.0 Å². The Labute approximate surface area is 126 Å². The van der Waals surface area contributed by atoms with E-state index in [-0.39, 0.29) is 23.6 Å². The fraction of sp³-hybridized carbons (Fsp3) is 0.250. The van der Waals surface area contributed by atoms with Crippen LogP contribution in [-0.2, 0) is 13.1 Å². The number of nitrogens with one attached hydrogen (secondary N) is 1. The first-order valence-corrected chi connectivity index (χ1v) is 7.05. The van der Waals surface area contributed by atoms with Crippen molar-refractivity contribution in [2.75, 3.05) is 0 Å². The van der Waals surface area contributed by atoms with Crippen molar-refractivity contribution in [3.8, 4) is 0 Å². The minimum absolute atomic E-state index is 0.222. The van der Waals surface area contributed by atoms with Crippen LogP contribution in [-0.4, -0.2) is 10.5 Å². The van der Waals surface area contributed by atoms with Gasteiger partial charge in [-0.15, -0.1) is 0 Å². The van der Waals surface area contributed by atoms with Gasteiger partial charge in [0.1, 0.15) is 17.1 Å². The third-order valence-electron chi connectivity index (χ3n) is 3.56. The van der Waals surface area contributed by atoms with Gasteiger partial charge in [0.2, 0.25) is 0 Å². The van der Waals surface area contributed by atoms with Crippen LogP contribution in [0.2, 0.25) is 0 Å². The Bertz CT molecular complexity index is 872. The van der Waals surface area contributed by atoms with E-state index in [4.69, 9.17) is 8.83 Å². The zero-order chi connectivity index (χ0) is 15.7. The SMILES string of the molecule is CCn1ccc2oc(C)c(C(=O)NCc3ccco3)c2c1=O. The minimum atomic E-state index is -0.349. The predicted octanol–water partition coefficient (Wildman–Crippen LogP) is 2.45. The molecule has 0 atom stereocenters. The zero-order valence-electron chi connectivity index (χ0n) is 12.4. The second-order valence-electron chi connectivity index (χ2n) is 4.94. The number of hydrogen-bond acceptors (Lipinski definition) is 4. The van der Waals surface area contributed by atoms with E-state index in [1.165, 1.54) is 0 Å². The first-order chi connectivity index (χ1) is 10.6. The van der Waals surface area contributed by atoms with Crippen LogP contribution in [0.15, 0.2) is 44.3 Å². The lowest BCUT2D eigenvalue weighted by Gasteiger charge is -2.04. The molecule has 1 amide bonds. The van der Waals surface area contributed by atoms with Gasteiger partial charge in [0, 0.05) is 12.7 Å². The van der Waals surface area contributed by atoms with Crippen molar-refractivity contribution < 1.29 is 13.6 Å². The van der Waals surface area contributed by atoms with Crippen molar-refractivity contribution in [1.29, 1.82) is 0 Å². The van der Waals surface area contributed by atoms with Gasteiger partial charge in [-0.1, -0.05) is 0 Å². The zero-order valence-corrected chi connectivity index (χ0v) is 12.4. The first kappa shape index (κ1) is 14.2. The van der Waals surface area contributed by atoms with E-state index >= 15 is 0 Å². The van der Waals surface area contributed by atoms with Crippen LogP contribution in [0, 0.1) is 6.92 Å². The fourth-order valence-electron chi connectivity index (χ4n) is 2.46. The Morgan fingerprint density at radius 3 is 2.86 bits per heavy atom. The van der Waals surface area contributed by atoms with E-state index in [2.05, 4.69) is 5.32 Å². The van der Waals surface area contributed by atoms with Gasteiger partial charge in [0.15, 0.2) is 0 Å². The van der Waals surface area contributed by atoms with Gasteiger partial charge in [-0.3, -0.25) is 9.59 Å². The summed E-state index contributed by atoms with van der Waals surface area (Å²) in [7, 11) is 0. The van der Waals surface area contributed by atoms with Crippen LogP contribution < -0.4 is 10.9 Å². The molecule has 6 nitrogen and oxygen atoms in total. The van der Waals surface area contributed by atoms with Crippen molar-refractivity contribution >= 4 is 16.9 Å². The molecule has 0 aliphatic heterocycles.